The van der Waals surface area contributed by atoms with E-state index in [0.29, 0.717) is 28.5 Å². The number of aliphatic imine (C=N–C) groups is 1. The quantitative estimate of drug-likeness (QED) is 0.626. The fourth-order valence-corrected chi connectivity index (χ4v) is 4.90. The standard InChI is InChI=1S/C25H22ClFN4O2/c1-24(12-15-6-8-18(27)9-7-15)14-25(22(32)31(2)23(28)30-25)19-11-20(29-13-21(19)33-24)16-4-3-5-17(26)10-16/h3-11,13H,12,14H2,1-2H3,(H2,28,30). The molecule has 0 radical (unpaired) electrons. The van der Waals surface area contributed by atoms with Gasteiger partial charge in [0.25, 0.3) is 5.91 Å². The van der Waals surface area contributed by atoms with Crippen molar-refractivity contribution in [3.05, 3.63) is 82.8 Å². The molecular formula is C25H22ClFN4O2. The van der Waals surface area contributed by atoms with Crippen molar-refractivity contribution in [2.75, 3.05) is 7.05 Å². The van der Waals surface area contributed by atoms with Gasteiger partial charge in [0.15, 0.2) is 11.5 Å². The first-order valence-corrected chi connectivity index (χ1v) is 10.9. The third-order valence-corrected chi connectivity index (χ3v) is 6.45. The lowest BCUT2D eigenvalue weighted by Gasteiger charge is -2.43. The van der Waals surface area contributed by atoms with Gasteiger partial charge in [0.05, 0.1) is 11.9 Å². The number of guanidine groups is 1. The van der Waals surface area contributed by atoms with Gasteiger partial charge in [-0.3, -0.25) is 14.7 Å². The minimum absolute atomic E-state index is 0.151. The highest BCUT2D eigenvalue weighted by Crippen LogP contribution is 2.50. The van der Waals surface area contributed by atoms with Crippen molar-refractivity contribution < 1.29 is 13.9 Å². The molecule has 1 aromatic heterocycles. The van der Waals surface area contributed by atoms with Crippen LogP contribution >= 0.6 is 11.6 Å². The number of carbonyl (C=O) groups is 1. The molecule has 2 N–H and O–H groups in total. The van der Waals surface area contributed by atoms with E-state index in [1.54, 1.807) is 31.4 Å². The molecule has 2 aliphatic heterocycles. The van der Waals surface area contributed by atoms with Crippen molar-refractivity contribution in [1.29, 1.82) is 0 Å². The lowest BCUT2D eigenvalue weighted by Crippen LogP contribution is -2.51. The first-order chi connectivity index (χ1) is 15.7. The summed E-state index contributed by atoms with van der Waals surface area (Å²) in [5.41, 5.74) is 7.03. The Labute approximate surface area is 195 Å². The summed E-state index contributed by atoms with van der Waals surface area (Å²) in [5, 5.41) is 0.587. The van der Waals surface area contributed by atoms with Crippen molar-refractivity contribution in [1.82, 2.24) is 9.88 Å². The number of aromatic nitrogens is 1. The van der Waals surface area contributed by atoms with Gasteiger partial charge in [-0.2, -0.15) is 0 Å². The van der Waals surface area contributed by atoms with E-state index in [2.05, 4.69) is 9.98 Å². The van der Waals surface area contributed by atoms with Crippen LogP contribution in [0.2, 0.25) is 5.02 Å². The van der Waals surface area contributed by atoms with Gasteiger partial charge in [0, 0.05) is 36.0 Å². The molecule has 6 nitrogen and oxygen atoms in total. The fourth-order valence-electron chi connectivity index (χ4n) is 4.71. The maximum atomic E-state index is 13.5. The number of nitrogens with zero attached hydrogens (tertiary/aromatic N) is 3. The second-order valence-electron chi connectivity index (χ2n) is 8.80. The predicted molar refractivity (Wildman–Crippen MR) is 125 cm³/mol. The third kappa shape index (κ3) is 3.62. The highest BCUT2D eigenvalue weighted by Gasteiger charge is 2.56. The molecule has 3 heterocycles. The summed E-state index contributed by atoms with van der Waals surface area (Å²) in [7, 11) is 1.61. The number of halogens is 2. The van der Waals surface area contributed by atoms with E-state index in [4.69, 9.17) is 22.1 Å². The van der Waals surface area contributed by atoms with E-state index in [0.717, 1.165) is 11.1 Å². The van der Waals surface area contributed by atoms with Crippen LogP contribution in [0.1, 0.15) is 24.5 Å². The lowest BCUT2D eigenvalue weighted by atomic mass is 9.75. The summed E-state index contributed by atoms with van der Waals surface area (Å²) in [4.78, 5) is 24.1. The maximum Gasteiger partial charge on any atom is 0.261 e. The Morgan fingerprint density at radius 2 is 1.97 bits per heavy atom. The average molecular weight is 465 g/mol. The number of fused-ring (bicyclic) bond motifs is 2. The molecule has 2 aliphatic rings. The van der Waals surface area contributed by atoms with Gasteiger partial charge in [-0.05, 0) is 42.8 Å². The van der Waals surface area contributed by atoms with Crippen molar-refractivity contribution in [3.63, 3.8) is 0 Å². The predicted octanol–water partition coefficient (Wildman–Crippen LogP) is 4.31. The van der Waals surface area contributed by atoms with Gasteiger partial charge in [-0.25, -0.2) is 9.38 Å². The molecule has 2 atom stereocenters. The van der Waals surface area contributed by atoms with Gasteiger partial charge in [0.2, 0.25) is 0 Å². The second-order valence-corrected chi connectivity index (χ2v) is 9.24. The molecule has 168 valence electrons. The highest BCUT2D eigenvalue weighted by atomic mass is 35.5. The summed E-state index contributed by atoms with van der Waals surface area (Å²) >= 11 is 6.17. The zero-order valence-corrected chi connectivity index (χ0v) is 18.9. The topological polar surface area (TPSA) is 80.8 Å². The van der Waals surface area contributed by atoms with E-state index in [-0.39, 0.29) is 24.1 Å². The second kappa shape index (κ2) is 7.56. The Hall–Kier alpha value is -3.45. The molecule has 2 aromatic carbocycles. The molecule has 0 aliphatic carbocycles. The Morgan fingerprint density at radius 3 is 2.64 bits per heavy atom. The third-order valence-electron chi connectivity index (χ3n) is 6.22. The number of ether oxygens (including phenoxy) is 1. The number of carbonyl (C=O) groups excluding carboxylic acids is 1. The van der Waals surface area contributed by atoms with Crippen molar-refractivity contribution in [3.8, 4) is 17.0 Å². The molecule has 33 heavy (non-hydrogen) atoms. The van der Waals surface area contributed by atoms with Crippen molar-refractivity contribution in [2.24, 2.45) is 10.7 Å². The first kappa shape index (κ1) is 21.4. The molecule has 5 rings (SSSR count). The first-order valence-electron chi connectivity index (χ1n) is 10.5. The molecule has 3 aromatic rings. The van der Waals surface area contributed by atoms with Crippen LogP contribution in [-0.4, -0.2) is 34.4 Å². The van der Waals surface area contributed by atoms with Gasteiger partial charge in [-0.1, -0.05) is 35.9 Å². The number of hydrogen-bond donors (Lipinski definition) is 1. The van der Waals surface area contributed by atoms with Crippen LogP contribution in [0.15, 0.2) is 65.8 Å². The maximum absolute atomic E-state index is 13.5. The van der Waals surface area contributed by atoms with Crippen molar-refractivity contribution >= 4 is 23.5 Å². The molecule has 0 bridgehead atoms. The van der Waals surface area contributed by atoms with Crippen LogP contribution in [0.5, 0.6) is 5.75 Å². The minimum atomic E-state index is -1.24. The van der Waals surface area contributed by atoms with E-state index < -0.39 is 11.1 Å². The Kier molecular flexibility index (Phi) is 4.90. The van der Waals surface area contributed by atoms with Gasteiger partial charge >= 0.3 is 0 Å². The smallest absolute Gasteiger partial charge is 0.261 e. The molecule has 0 saturated heterocycles. The molecule has 1 spiro atoms. The van der Waals surface area contributed by atoms with E-state index >= 15 is 0 Å². The SMILES string of the molecule is CN1C(=O)C2(CC(C)(Cc3ccc(F)cc3)Oc3cnc(-c4cccc(Cl)c4)cc32)N=C1N. The number of nitrogens with two attached hydrogens (primary N) is 1. The highest BCUT2D eigenvalue weighted by molar-refractivity contribution is 6.30. The van der Waals surface area contributed by atoms with E-state index in [1.165, 1.54) is 17.0 Å². The van der Waals surface area contributed by atoms with Crippen molar-refractivity contribution in [2.45, 2.75) is 30.9 Å². The largest absolute Gasteiger partial charge is 0.485 e. The van der Waals surface area contributed by atoms with Crippen LogP contribution in [0.4, 0.5) is 4.39 Å². The monoisotopic (exact) mass is 464 g/mol. The zero-order valence-electron chi connectivity index (χ0n) is 18.2. The number of rotatable bonds is 3. The summed E-state index contributed by atoms with van der Waals surface area (Å²) in [6.45, 7) is 1.92. The van der Waals surface area contributed by atoms with Crippen LogP contribution in [0.3, 0.4) is 0 Å². The Balaban J connectivity index is 1.63. The number of amides is 1. The lowest BCUT2D eigenvalue weighted by molar-refractivity contribution is -0.133. The number of benzene rings is 2. The van der Waals surface area contributed by atoms with Crippen LogP contribution < -0.4 is 10.5 Å². The summed E-state index contributed by atoms with van der Waals surface area (Å²) in [6, 6.07) is 15.4. The fraction of sp³-hybridized carbons (Fsp3) is 0.240. The Morgan fingerprint density at radius 1 is 1.21 bits per heavy atom. The number of likely N-dealkylation sites (N-methyl/N-ethyl adjacent to an activating group) is 1. The summed E-state index contributed by atoms with van der Waals surface area (Å²) < 4.78 is 19.8. The molecule has 8 heteroatoms. The molecular weight excluding hydrogens is 443 g/mol. The Bertz CT molecular complexity index is 1300. The van der Waals surface area contributed by atoms with Crippen LogP contribution in [-0.2, 0) is 16.8 Å². The van der Waals surface area contributed by atoms with Gasteiger partial charge in [0.1, 0.15) is 17.2 Å². The molecule has 0 fully saturated rings. The van der Waals surface area contributed by atoms with E-state index in [1.807, 2.05) is 31.2 Å². The number of pyridine rings is 1. The van der Waals surface area contributed by atoms with Gasteiger partial charge < -0.3 is 10.5 Å². The van der Waals surface area contributed by atoms with Crippen LogP contribution in [0, 0.1) is 5.82 Å². The van der Waals surface area contributed by atoms with Gasteiger partial charge in [-0.15, -0.1) is 0 Å². The normalized spacial score (nSPS) is 23.9. The van der Waals surface area contributed by atoms with Crippen LogP contribution in [0.25, 0.3) is 11.3 Å². The summed E-state index contributed by atoms with van der Waals surface area (Å²) in [5.74, 6) is 0.0889. The zero-order chi connectivity index (χ0) is 23.4. The number of hydrogen-bond acceptors (Lipinski definition) is 5. The molecule has 1 amide bonds. The molecule has 0 saturated carbocycles. The average Bonchev–Trinajstić information content (AvgIpc) is 2.99. The minimum Gasteiger partial charge on any atom is -0.485 e. The summed E-state index contributed by atoms with van der Waals surface area (Å²) in [6.07, 6.45) is 2.34. The molecule has 2 unspecified atom stereocenters. The van der Waals surface area contributed by atoms with E-state index in [9.17, 15) is 9.18 Å².